The Hall–Kier alpha value is -1.26. The van der Waals surface area contributed by atoms with E-state index in [1.54, 1.807) is 13.0 Å². The summed E-state index contributed by atoms with van der Waals surface area (Å²) in [5.41, 5.74) is 0.560. The van der Waals surface area contributed by atoms with Crippen molar-refractivity contribution in [2.75, 3.05) is 13.7 Å². The molecule has 0 bridgehead atoms. The van der Waals surface area contributed by atoms with E-state index in [4.69, 9.17) is 4.74 Å². The first-order valence-electron chi connectivity index (χ1n) is 6.60. The molecule has 112 valence electrons. The maximum absolute atomic E-state index is 9.97. The van der Waals surface area contributed by atoms with Crippen LogP contribution in [0, 0.1) is 0 Å². The molecule has 3 N–H and O–H groups in total. The van der Waals surface area contributed by atoms with Gasteiger partial charge < -0.3 is 20.3 Å². The molecule has 0 aromatic rings. The zero-order valence-corrected chi connectivity index (χ0v) is 13.0. The van der Waals surface area contributed by atoms with Crippen LogP contribution in [0.2, 0.25) is 0 Å². The summed E-state index contributed by atoms with van der Waals surface area (Å²) in [5.74, 6) is 0.560. The van der Waals surface area contributed by atoms with Gasteiger partial charge in [0, 0.05) is 12.6 Å². The van der Waals surface area contributed by atoms with E-state index in [9.17, 15) is 10.2 Å². The van der Waals surface area contributed by atoms with Crippen LogP contribution in [0.25, 0.3) is 0 Å². The maximum atomic E-state index is 9.97. The first-order valence-corrected chi connectivity index (χ1v) is 6.60. The van der Waals surface area contributed by atoms with Gasteiger partial charge in [-0.2, -0.15) is 0 Å². The SMILES string of the molecule is C=C(/C=C(\C=C(/C)O)C(O)CNC(C)C)OC.CC. The van der Waals surface area contributed by atoms with Gasteiger partial charge in [-0.25, -0.2) is 0 Å². The normalized spacial score (nSPS) is 13.7. The third kappa shape index (κ3) is 11.6. The topological polar surface area (TPSA) is 61.7 Å². The Balaban J connectivity index is 0. The minimum Gasteiger partial charge on any atom is -0.513 e. The molecule has 0 aliphatic heterocycles. The highest BCUT2D eigenvalue weighted by Crippen LogP contribution is 2.10. The third-order valence-electron chi connectivity index (χ3n) is 2.07. The lowest BCUT2D eigenvalue weighted by atomic mass is 10.1. The van der Waals surface area contributed by atoms with E-state index in [1.165, 1.54) is 13.2 Å². The lowest BCUT2D eigenvalue weighted by molar-refractivity contribution is 0.205. The first kappa shape index (κ1) is 20.1. The Labute approximate surface area is 117 Å². The largest absolute Gasteiger partial charge is 0.513 e. The Morgan fingerprint density at radius 3 is 2.21 bits per heavy atom. The van der Waals surface area contributed by atoms with Crippen LogP contribution in [0.15, 0.2) is 35.8 Å². The van der Waals surface area contributed by atoms with E-state index in [2.05, 4.69) is 11.9 Å². The van der Waals surface area contributed by atoms with Crippen LogP contribution in [-0.4, -0.2) is 36.0 Å². The zero-order chi connectivity index (χ0) is 15.4. The fraction of sp³-hybridized carbons (Fsp3) is 0.600. The summed E-state index contributed by atoms with van der Waals surface area (Å²) in [4.78, 5) is 0. The highest BCUT2D eigenvalue weighted by atomic mass is 16.5. The Kier molecular flexibility index (Phi) is 12.5. The molecule has 0 heterocycles. The fourth-order valence-corrected chi connectivity index (χ4v) is 1.19. The second kappa shape index (κ2) is 11.8. The lowest BCUT2D eigenvalue weighted by Crippen LogP contribution is -2.32. The fourth-order valence-electron chi connectivity index (χ4n) is 1.19. The van der Waals surface area contributed by atoms with Gasteiger partial charge in [-0.1, -0.05) is 34.3 Å². The highest BCUT2D eigenvalue weighted by molar-refractivity contribution is 5.30. The summed E-state index contributed by atoms with van der Waals surface area (Å²) in [6.07, 6.45) is 2.38. The van der Waals surface area contributed by atoms with Crippen LogP contribution in [0.1, 0.15) is 34.6 Å². The van der Waals surface area contributed by atoms with Gasteiger partial charge >= 0.3 is 0 Å². The molecule has 0 aliphatic carbocycles. The van der Waals surface area contributed by atoms with Crippen molar-refractivity contribution >= 4 is 0 Å². The molecule has 0 spiro atoms. The van der Waals surface area contributed by atoms with E-state index < -0.39 is 6.10 Å². The highest BCUT2D eigenvalue weighted by Gasteiger charge is 2.10. The summed E-state index contributed by atoms with van der Waals surface area (Å²) < 4.78 is 4.92. The van der Waals surface area contributed by atoms with Crippen molar-refractivity contribution in [1.29, 1.82) is 0 Å². The van der Waals surface area contributed by atoms with Gasteiger partial charge in [0.05, 0.1) is 19.0 Å². The molecule has 0 aliphatic rings. The van der Waals surface area contributed by atoms with E-state index in [0.29, 0.717) is 17.9 Å². The number of allylic oxidation sites excluding steroid dienone is 2. The standard InChI is InChI=1S/C13H23NO3.C2H6/c1-9(2)14-8-13(16)12(6-10(3)15)7-11(4)17-5;1-2/h6-7,9,13-16H,4,8H2,1-3,5H3;1-2H3/b10-6+,12-7+;. The van der Waals surface area contributed by atoms with Crippen LogP contribution in [0.3, 0.4) is 0 Å². The van der Waals surface area contributed by atoms with Gasteiger partial charge in [-0.3, -0.25) is 0 Å². The van der Waals surface area contributed by atoms with Crippen molar-refractivity contribution in [1.82, 2.24) is 5.32 Å². The molecule has 4 nitrogen and oxygen atoms in total. The van der Waals surface area contributed by atoms with Crippen molar-refractivity contribution in [3.63, 3.8) is 0 Å². The van der Waals surface area contributed by atoms with E-state index >= 15 is 0 Å². The first-order chi connectivity index (χ1) is 8.86. The van der Waals surface area contributed by atoms with Gasteiger partial charge in [-0.05, 0) is 24.6 Å². The second-order valence-corrected chi connectivity index (χ2v) is 4.18. The predicted octanol–water partition coefficient (Wildman–Crippen LogP) is 2.92. The monoisotopic (exact) mass is 271 g/mol. The van der Waals surface area contributed by atoms with Crippen LogP contribution in [-0.2, 0) is 4.74 Å². The molecule has 0 rings (SSSR count). The Bertz CT molecular complexity index is 303. The number of aliphatic hydroxyl groups excluding tert-OH is 2. The van der Waals surface area contributed by atoms with Gasteiger partial charge in [0.1, 0.15) is 5.76 Å². The number of ether oxygens (including phenoxy) is 1. The number of hydrogen-bond acceptors (Lipinski definition) is 4. The van der Waals surface area contributed by atoms with Crippen molar-refractivity contribution < 1.29 is 14.9 Å². The quantitative estimate of drug-likeness (QED) is 0.492. The molecular formula is C15H29NO3. The molecule has 0 radical (unpaired) electrons. The molecule has 0 saturated carbocycles. The lowest BCUT2D eigenvalue weighted by Gasteiger charge is -2.16. The van der Waals surface area contributed by atoms with Crippen LogP contribution < -0.4 is 5.32 Å². The number of methoxy groups -OCH3 is 1. The van der Waals surface area contributed by atoms with Gasteiger partial charge in [0.2, 0.25) is 0 Å². The number of aliphatic hydroxyl groups is 2. The van der Waals surface area contributed by atoms with Gasteiger partial charge in [-0.15, -0.1) is 0 Å². The average molecular weight is 271 g/mol. The molecular weight excluding hydrogens is 242 g/mol. The molecule has 1 atom stereocenters. The molecule has 0 saturated heterocycles. The van der Waals surface area contributed by atoms with Gasteiger partial charge in [0.15, 0.2) is 0 Å². The minimum absolute atomic E-state index is 0.128. The van der Waals surface area contributed by atoms with Crippen molar-refractivity contribution in [3.8, 4) is 0 Å². The molecule has 0 aromatic carbocycles. The van der Waals surface area contributed by atoms with E-state index in [0.717, 1.165) is 0 Å². The summed E-state index contributed by atoms with van der Waals surface area (Å²) >= 11 is 0. The molecule has 4 heteroatoms. The smallest absolute Gasteiger partial charge is 0.112 e. The number of hydrogen-bond donors (Lipinski definition) is 3. The van der Waals surface area contributed by atoms with Crippen LogP contribution in [0.4, 0.5) is 0 Å². The average Bonchev–Trinajstić information content (AvgIpc) is 2.36. The van der Waals surface area contributed by atoms with Gasteiger partial charge in [0.25, 0.3) is 0 Å². The molecule has 1 unspecified atom stereocenters. The number of rotatable bonds is 7. The van der Waals surface area contributed by atoms with Crippen molar-refractivity contribution in [2.24, 2.45) is 0 Å². The van der Waals surface area contributed by atoms with Crippen molar-refractivity contribution in [3.05, 3.63) is 35.8 Å². The Morgan fingerprint density at radius 1 is 1.32 bits per heavy atom. The minimum atomic E-state index is -0.716. The number of nitrogens with one attached hydrogen (secondary N) is 1. The van der Waals surface area contributed by atoms with Crippen LogP contribution in [0.5, 0.6) is 0 Å². The molecule has 0 fully saturated rings. The third-order valence-corrected chi connectivity index (χ3v) is 2.07. The summed E-state index contributed by atoms with van der Waals surface area (Å²) in [6.45, 7) is 13.6. The molecule has 19 heavy (non-hydrogen) atoms. The summed E-state index contributed by atoms with van der Waals surface area (Å²) in [5, 5.41) is 22.3. The zero-order valence-electron chi connectivity index (χ0n) is 13.0. The van der Waals surface area contributed by atoms with E-state index in [1.807, 2.05) is 27.7 Å². The summed E-state index contributed by atoms with van der Waals surface area (Å²) in [7, 11) is 1.50. The van der Waals surface area contributed by atoms with E-state index in [-0.39, 0.29) is 11.8 Å². The predicted molar refractivity (Wildman–Crippen MR) is 81.1 cm³/mol. The molecule has 0 amide bonds. The summed E-state index contributed by atoms with van der Waals surface area (Å²) in [6, 6.07) is 0.288. The van der Waals surface area contributed by atoms with Crippen molar-refractivity contribution in [2.45, 2.75) is 46.8 Å². The maximum Gasteiger partial charge on any atom is 0.112 e. The van der Waals surface area contributed by atoms with Crippen LogP contribution >= 0.6 is 0 Å². The second-order valence-electron chi connectivity index (χ2n) is 4.18. The Morgan fingerprint density at radius 2 is 1.84 bits per heavy atom. The molecule has 0 aromatic heterocycles.